The molecule has 0 spiro atoms. The molecule has 1 atom stereocenters. The van der Waals surface area contributed by atoms with Crippen molar-refractivity contribution in [3.63, 3.8) is 0 Å². The number of ketones is 1. The highest BCUT2D eigenvalue weighted by atomic mass is 16.5. The molecule has 21 heavy (non-hydrogen) atoms. The number of carbonyl (C=O) groups is 1. The lowest BCUT2D eigenvalue weighted by Gasteiger charge is -2.12. The van der Waals surface area contributed by atoms with Gasteiger partial charge in [0, 0.05) is 5.92 Å². The molecule has 0 aromatic heterocycles. The van der Waals surface area contributed by atoms with Crippen LogP contribution in [0.15, 0.2) is 48.5 Å². The van der Waals surface area contributed by atoms with Crippen molar-refractivity contribution in [3.8, 4) is 11.5 Å². The Morgan fingerprint density at radius 1 is 1.00 bits per heavy atom. The van der Waals surface area contributed by atoms with E-state index in [1.807, 2.05) is 48.5 Å². The molecule has 0 heterocycles. The fraction of sp³-hybridized carbons (Fsp3) is 0.316. The smallest absolute Gasteiger partial charge is 0.133 e. The Labute approximate surface area is 126 Å². The summed E-state index contributed by atoms with van der Waals surface area (Å²) in [4.78, 5) is 11.5. The van der Waals surface area contributed by atoms with Crippen molar-refractivity contribution >= 4 is 5.78 Å². The van der Waals surface area contributed by atoms with Crippen LogP contribution in [0.1, 0.15) is 31.4 Å². The lowest BCUT2D eigenvalue weighted by molar-refractivity contribution is -0.120. The zero-order valence-corrected chi connectivity index (χ0v) is 12.9. The monoisotopic (exact) mass is 282 g/mol. The number of benzene rings is 2. The van der Waals surface area contributed by atoms with Crippen LogP contribution in [0.3, 0.4) is 0 Å². The second-order valence-electron chi connectivity index (χ2n) is 5.48. The number of rotatable bonds is 6. The van der Waals surface area contributed by atoms with Crippen LogP contribution in [-0.4, -0.2) is 5.78 Å². The topological polar surface area (TPSA) is 26.3 Å². The first-order chi connectivity index (χ1) is 10.1. The van der Waals surface area contributed by atoms with Crippen LogP contribution in [0.5, 0.6) is 11.5 Å². The molecule has 0 aliphatic carbocycles. The first-order valence-corrected chi connectivity index (χ1v) is 7.42. The van der Waals surface area contributed by atoms with E-state index in [0.29, 0.717) is 0 Å². The Bertz CT molecular complexity index is 582. The molecule has 0 radical (unpaired) electrons. The van der Waals surface area contributed by atoms with Crippen LogP contribution in [0, 0.1) is 12.8 Å². The molecule has 0 fully saturated rings. The van der Waals surface area contributed by atoms with E-state index in [-0.39, 0.29) is 11.7 Å². The quantitative estimate of drug-likeness (QED) is 0.749. The Hall–Kier alpha value is -2.09. The predicted molar refractivity (Wildman–Crippen MR) is 85.9 cm³/mol. The Morgan fingerprint density at radius 3 is 2.00 bits per heavy atom. The van der Waals surface area contributed by atoms with Crippen LogP contribution in [0.2, 0.25) is 0 Å². The van der Waals surface area contributed by atoms with Crippen molar-refractivity contribution in [1.29, 1.82) is 0 Å². The molecule has 2 heteroatoms. The van der Waals surface area contributed by atoms with E-state index in [2.05, 4.69) is 13.8 Å². The maximum Gasteiger partial charge on any atom is 0.133 e. The van der Waals surface area contributed by atoms with E-state index in [1.54, 1.807) is 6.92 Å². The lowest BCUT2D eigenvalue weighted by Crippen LogP contribution is -2.12. The van der Waals surface area contributed by atoms with E-state index in [9.17, 15) is 4.79 Å². The van der Waals surface area contributed by atoms with Gasteiger partial charge in [-0.2, -0.15) is 0 Å². The van der Waals surface area contributed by atoms with E-state index in [4.69, 9.17) is 4.74 Å². The Kier molecular flexibility index (Phi) is 5.15. The second-order valence-corrected chi connectivity index (χ2v) is 5.48. The van der Waals surface area contributed by atoms with Crippen molar-refractivity contribution in [1.82, 2.24) is 0 Å². The lowest BCUT2D eigenvalue weighted by atomic mass is 9.94. The zero-order chi connectivity index (χ0) is 15.2. The molecule has 2 aromatic rings. The van der Waals surface area contributed by atoms with Gasteiger partial charge in [0.15, 0.2) is 0 Å². The van der Waals surface area contributed by atoms with E-state index in [0.717, 1.165) is 24.3 Å². The largest absolute Gasteiger partial charge is 0.457 e. The third-order valence-corrected chi connectivity index (χ3v) is 3.73. The minimum Gasteiger partial charge on any atom is -0.457 e. The summed E-state index contributed by atoms with van der Waals surface area (Å²) in [6.07, 6.45) is 1.69. The van der Waals surface area contributed by atoms with Gasteiger partial charge in [-0.3, -0.25) is 4.79 Å². The van der Waals surface area contributed by atoms with Crippen LogP contribution < -0.4 is 4.74 Å². The van der Waals surface area contributed by atoms with Crippen LogP contribution in [0.4, 0.5) is 0 Å². The maximum atomic E-state index is 11.5. The van der Waals surface area contributed by atoms with E-state index >= 15 is 0 Å². The molecule has 0 unspecified atom stereocenters. The second kappa shape index (κ2) is 7.07. The molecule has 0 N–H and O–H groups in total. The highest BCUT2D eigenvalue weighted by Crippen LogP contribution is 2.23. The van der Waals surface area contributed by atoms with Crippen LogP contribution in [0.25, 0.3) is 0 Å². The standard InChI is InChI=1S/C19H22O2/c1-4-17(15(3)20)13-16-7-11-19(12-8-16)21-18-9-5-14(2)6-10-18/h5-12,17H,4,13H2,1-3H3/t17-/m0/s1. The van der Waals surface area contributed by atoms with Crippen molar-refractivity contribution in [2.75, 3.05) is 0 Å². The first kappa shape index (κ1) is 15.3. The number of hydrogen-bond acceptors (Lipinski definition) is 2. The summed E-state index contributed by atoms with van der Waals surface area (Å²) >= 11 is 0. The maximum absolute atomic E-state index is 11.5. The molecule has 2 nitrogen and oxygen atoms in total. The molecule has 0 aliphatic heterocycles. The molecule has 0 saturated heterocycles. The van der Waals surface area contributed by atoms with Gasteiger partial charge in [0.25, 0.3) is 0 Å². The average molecular weight is 282 g/mol. The predicted octanol–water partition coefficient (Wildman–Crippen LogP) is 4.95. The molecule has 0 amide bonds. The van der Waals surface area contributed by atoms with Gasteiger partial charge < -0.3 is 4.74 Å². The van der Waals surface area contributed by atoms with Gasteiger partial charge in [0.1, 0.15) is 17.3 Å². The SMILES string of the molecule is CC[C@@H](Cc1ccc(Oc2ccc(C)cc2)cc1)C(C)=O. The third-order valence-electron chi connectivity index (χ3n) is 3.73. The highest BCUT2D eigenvalue weighted by Gasteiger charge is 2.12. The normalized spacial score (nSPS) is 12.0. The molecular weight excluding hydrogens is 260 g/mol. The summed E-state index contributed by atoms with van der Waals surface area (Å²) in [6.45, 7) is 5.78. The van der Waals surface area contributed by atoms with E-state index in [1.165, 1.54) is 11.1 Å². The van der Waals surface area contributed by atoms with Crippen LogP contribution >= 0.6 is 0 Å². The van der Waals surface area contributed by atoms with Crippen molar-refractivity contribution < 1.29 is 9.53 Å². The molecular formula is C19H22O2. The fourth-order valence-corrected chi connectivity index (χ4v) is 2.30. The molecule has 0 aliphatic rings. The summed E-state index contributed by atoms with van der Waals surface area (Å²) in [5, 5.41) is 0. The molecule has 2 rings (SSSR count). The van der Waals surface area contributed by atoms with Gasteiger partial charge >= 0.3 is 0 Å². The number of carbonyl (C=O) groups excluding carboxylic acids is 1. The Morgan fingerprint density at radius 2 is 1.52 bits per heavy atom. The van der Waals surface area contributed by atoms with Gasteiger partial charge in [-0.25, -0.2) is 0 Å². The van der Waals surface area contributed by atoms with Gasteiger partial charge in [0.2, 0.25) is 0 Å². The highest BCUT2D eigenvalue weighted by molar-refractivity contribution is 5.78. The van der Waals surface area contributed by atoms with Gasteiger partial charge in [-0.15, -0.1) is 0 Å². The summed E-state index contributed by atoms with van der Waals surface area (Å²) in [5.41, 5.74) is 2.39. The van der Waals surface area contributed by atoms with Crippen molar-refractivity contribution in [2.24, 2.45) is 5.92 Å². The summed E-state index contributed by atoms with van der Waals surface area (Å²) in [5.74, 6) is 2.04. The molecule has 2 aromatic carbocycles. The van der Waals surface area contributed by atoms with Crippen molar-refractivity contribution in [3.05, 3.63) is 59.7 Å². The number of ether oxygens (including phenoxy) is 1. The first-order valence-electron chi connectivity index (χ1n) is 7.42. The van der Waals surface area contributed by atoms with Gasteiger partial charge in [-0.05, 0) is 56.5 Å². The molecule has 0 saturated carbocycles. The summed E-state index contributed by atoms with van der Waals surface area (Å²) in [7, 11) is 0. The summed E-state index contributed by atoms with van der Waals surface area (Å²) < 4.78 is 5.80. The number of Topliss-reactive ketones (excluding diaryl/α,β-unsaturated/α-hetero) is 1. The average Bonchev–Trinajstić information content (AvgIpc) is 2.48. The number of aryl methyl sites for hydroxylation is 1. The molecule has 0 bridgehead atoms. The fourth-order valence-electron chi connectivity index (χ4n) is 2.30. The zero-order valence-electron chi connectivity index (χ0n) is 12.9. The van der Waals surface area contributed by atoms with Gasteiger partial charge in [-0.1, -0.05) is 36.8 Å². The Balaban J connectivity index is 2.01. The van der Waals surface area contributed by atoms with Gasteiger partial charge in [0.05, 0.1) is 0 Å². The van der Waals surface area contributed by atoms with E-state index < -0.39 is 0 Å². The van der Waals surface area contributed by atoms with Crippen LogP contribution in [-0.2, 0) is 11.2 Å². The minimum atomic E-state index is 0.119. The number of hydrogen-bond donors (Lipinski definition) is 0. The molecule has 110 valence electrons. The third kappa shape index (κ3) is 4.45. The minimum absolute atomic E-state index is 0.119. The van der Waals surface area contributed by atoms with Crippen molar-refractivity contribution in [2.45, 2.75) is 33.6 Å². The summed E-state index contributed by atoms with van der Waals surface area (Å²) in [6, 6.07) is 16.0.